The van der Waals surface area contributed by atoms with Gasteiger partial charge in [-0.2, -0.15) is 20.4 Å². The van der Waals surface area contributed by atoms with Gasteiger partial charge in [0.15, 0.2) is 0 Å². The first kappa shape index (κ1) is 94.2. The average Bonchev–Trinajstić information content (AvgIpc) is 1.03. The second-order valence-corrected chi connectivity index (χ2v) is 30.6. The lowest BCUT2D eigenvalue weighted by molar-refractivity contribution is 0.0206. The molecule has 128 heavy (non-hydrogen) atoms. The molecule has 16 aromatic rings. The molecule has 31 heteroatoms. The van der Waals surface area contributed by atoms with Crippen LogP contribution in [-0.4, -0.2) is 184 Å². The van der Waals surface area contributed by atoms with E-state index in [0.29, 0.717) is 41.0 Å². The molecule has 0 spiro atoms. The van der Waals surface area contributed by atoms with Crippen LogP contribution in [0.1, 0.15) is 69.2 Å². The Morgan fingerprint density at radius 2 is 0.680 bits per heavy atom. The van der Waals surface area contributed by atoms with Crippen LogP contribution >= 0.6 is 0 Å². The molecule has 0 fully saturated rings. The van der Waals surface area contributed by atoms with Crippen LogP contribution in [0.3, 0.4) is 0 Å². The number of alkyl halides is 2. The van der Waals surface area contributed by atoms with Crippen LogP contribution in [0.4, 0.5) is 54.3 Å². The molecule has 8 aromatic heterocycles. The molecular weight excluding hydrogens is 1620 g/mol. The summed E-state index contributed by atoms with van der Waals surface area (Å²) in [6.07, 6.45) is 23.8. The minimum atomic E-state index is -2.81. The number of ether oxygens (including phenoxy) is 6. The Hall–Kier alpha value is -14.5. The number of fused-ring (bicyclic) bond motifs is 4. The predicted octanol–water partition coefficient (Wildman–Crippen LogP) is 19.2. The van der Waals surface area contributed by atoms with E-state index in [1.165, 1.54) is 0 Å². The highest BCUT2D eigenvalue weighted by molar-refractivity contribution is 5.87. The zero-order chi connectivity index (χ0) is 89.1. The van der Waals surface area contributed by atoms with Crippen LogP contribution in [-0.2, 0) is 28.2 Å². The average molecular weight is 1740 g/mol. The lowest BCUT2D eigenvalue weighted by Crippen LogP contribution is -2.42. The first-order valence-corrected chi connectivity index (χ1v) is 41.3. The lowest BCUT2D eigenvalue weighted by Gasteiger charge is -2.30. The van der Waals surface area contributed by atoms with Crippen molar-refractivity contribution in [1.82, 2.24) is 89.6 Å². The van der Waals surface area contributed by atoms with Crippen LogP contribution in [0.5, 0.6) is 40.2 Å². The number of aromatic nitrogens is 16. The molecule has 0 radical (unpaired) electrons. The Morgan fingerprint density at radius 3 is 1.01 bits per heavy atom. The Kier molecular flexibility index (Phi) is 32.0. The van der Waals surface area contributed by atoms with Gasteiger partial charge in [-0.25, -0.2) is 28.7 Å². The molecule has 8 aromatic carbocycles. The summed E-state index contributed by atoms with van der Waals surface area (Å²) in [6, 6.07) is 49.1. The van der Waals surface area contributed by atoms with Crippen molar-refractivity contribution < 1.29 is 42.3 Å². The maximum atomic E-state index is 13.5. The van der Waals surface area contributed by atoms with Crippen LogP contribution < -0.4 is 58.7 Å². The van der Waals surface area contributed by atoms with Crippen molar-refractivity contribution in [3.8, 4) is 85.3 Å². The van der Waals surface area contributed by atoms with Crippen molar-refractivity contribution in [1.29, 1.82) is 0 Å². The van der Waals surface area contributed by atoms with Crippen molar-refractivity contribution >= 4 is 89.6 Å². The molecular formula is C97H114F2N22O7. The molecule has 1 atom stereocenters. The minimum absolute atomic E-state index is 0. The van der Waals surface area contributed by atoms with E-state index < -0.39 is 12.5 Å². The third-order valence-electron chi connectivity index (χ3n) is 20.4. The number of methoxy groups -OCH3 is 6. The van der Waals surface area contributed by atoms with Gasteiger partial charge in [0.05, 0.1) is 166 Å². The van der Waals surface area contributed by atoms with Gasteiger partial charge >= 0.3 is 0 Å². The highest BCUT2D eigenvalue weighted by Crippen LogP contribution is 2.40. The first-order valence-electron chi connectivity index (χ1n) is 41.3. The van der Waals surface area contributed by atoms with Gasteiger partial charge in [0.25, 0.3) is 5.92 Å². The number of aryl methyl sites for hydroxylation is 4. The molecule has 0 bridgehead atoms. The van der Waals surface area contributed by atoms with Crippen LogP contribution in [0.2, 0.25) is 0 Å². The number of phenols is 1. The first-order chi connectivity index (χ1) is 60.8. The standard InChI is InChI=1S/C26H30F2N6O2.C25H30N6O2.C22H23N5O2.C22H23N5O.2CH4/c1-17(30-16-26(2,27)28)14-34(20-8-21(35-4)11-22(9-20)36-5)19-6-7-23-24(10-19)32-25(13-29-23)18-12-31-33(3)15-18;1-17(2)26-8-9-31(20-10-21(32-4)13-22(11-20)33-5)19-6-7-23-24(12-19)29-25(15-27-23)18-14-28-30(3)16-18;1-4-7-27(17-8-18(28)11-19(9-17)29-3)16-5-6-20-21(10-16)25-22(13-23-20)15-12-24-26(2)14-15;1-4-10-27(17-6-5-7-19(11-17)28-3)18-8-9-20-21(12-18)25-22(14-23-20)16-13-24-26(2)15-16;;/h6-13,15,17,30H,14,16H2,1-5H3;6-7,10-17,26H,8-9H2,1-5H3;5-6,8-14,28H,4,7H2,1-3H3;5-9,11-15H,4,10H2,1-3H3;2*1H4. The van der Waals surface area contributed by atoms with E-state index in [4.69, 9.17) is 48.4 Å². The molecule has 3 N–H and O–H groups in total. The van der Waals surface area contributed by atoms with Gasteiger partial charge in [-0.3, -0.25) is 38.7 Å². The maximum absolute atomic E-state index is 13.5. The zero-order valence-corrected chi connectivity index (χ0v) is 73.8. The Morgan fingerprint density at radius 1 is 0.367 bits per heavy atom. The fourth-order valence-electron chi connectivity index (χ4n) is 14.1. The molecule has 0 aliphatic heterocycles. The van der Waals surface area contributed by atoms with Crippen molar-refractivity contribution in [2.24, 2.45) is 28.2 Å². The van der Waals surface area contributed by atoms with E-state index in [0.717, 1.165) is 187 Å². The number of nitrogens with one attached hydrogen (secondary N) is 2. The second-order valence-electron chi connectivity index (χ2n) is 30.6. The number of nitrogens with zero attached hydrogens (tertiary/aromatic N) is 20. The Labute approximate surface area is 746 Å². The molecule has 1 unspecified atom stereocenters. The summed E-state index contributed by atoms with van der Waals surface area (Å²) in [6.45, 7) is 14.6. The van der Waals surface area contributed by atoms with Gasteiger partial charge in [0.2, 0.25) is 0 Å². The van der Waals surface area contributed by atoms with Gasteiger partial charge in [0.1, 0.15) is 40.2 Å². The number of anilines is 8. The zero-order valence-electron chi connectivity index (χ0n) is 73.8. The fourth-order valence-corrected chi connectivity index (χ4v) is 14.1. The van der Waals surface area contributed by atoms with E-state index in [1.807, 2.05) is 162 Å². The fraction of sp³-hybridized carbons (Fsp3) is 0.299. The molecule has 668 valence electrons. The highest BCUT2D eigenvalue weighted by Gasteiger charge is 2.25. The smallest absolute Gasteiger partial charge is 0.257 e. The van der Waals surface area contributed by atoms with Crippen LogP contribution in [0.25, 0.3) is 89.2 Å². The second kappa shape index (κ2) is 43.4. The van der Waals surface area contributed by atoms with E-state index in [9.17, 15) is 13.9 Å². The molecule has 29 nitrogen and oxygen atoms in total. The van der Waals surface area contributed by atoms with Crippen molar-refractivity contribution in [3.05, 3.63) is 226 Å². The molecule has 0 saturated carbocycles. The van der Waals surface area contributed by atoms with Crippen molar-refractivity contribution in [2.75, 3.05) is 102 Å². The quantitative estimate of drug-likeness (QED) is 0.0364. The third-order valence-corrected chi connectivity index (χ3v) is 20.4. The minimum Gasteiger partial charge on any atom is -0.508 e. The summed E-state index contributed by atoms with van der Waals surface area (Å²) in [7, 11) is 17.3. The Bertz CT molecular complexity index is 6310. The summed E-state index contributed by atoms with van der Waals surface area (Å²) in [5, 5.41) is 33.4. The molecule has 0 amide bonds. The number of hydrogen-bond acceptors (Lipinski definition) is 25. The highest BCUT2D eigenvalue weighted by atomic mass is 19.3. The van der Waals surface area contributed by atoms with Gasteiger partial charge in [-0.1, -0.05) is 48.6 Å². The SMILES string of the molecule is C.C.CCCN(c1cc(O)cc(OC)c1)c1ccc2ncc(-c3cnn(C)c3)nc2c1.CCCN(c1cccc(OC)c1)c1ccc2ncc(-c3cnn(C)c3)nc2c1.COc1cc(OC)cc(N(CC(C)NCC(C)(F)F)c2ccc3ncc(-c4cnn(C)c4)nc3c2)c1.COc1cc(OC)cc(N(CCNC(C)C)c2ccc3ncc(-c4cnn(C)c4)nc3c2)c1. The predicted molar refractivity (Wildman–Crippen MR) is 507 cm³/mol. The van der Waals surface area contributed by atoms with Gasteiger partial charge in [-0.05, 0) is 105 Å². The molecule has 0 aliphatic rings. The van der Waals surface area contributed by atoms with E-state index >= 15 is 0 Å². The van der Waals surface area contributed by atoms with E-state index in [1.54, 1.807) is 129 Å². The van der Waals surface area contributed by atoms with Crippen molar-refractivity contribution in [3.63, 3.8) is 0 Å². The molecule has 16 rings (SSSR count). The lowest BCUT2D eigenvalue weighted by atomic mass is 10.1. The summed E-state index contributed by atoms with van der Waals surface area (Å²) in [5.74, 6) is 1.54. The molecule has 0 saturated heterocycles. The Balaban J connectivity index is 0.000000165. The van der Waals surface area contributed by atoms with E-state index in [-0.39, 0.29) is 26.6 Å². The summed E-state index contributed by atoms with van der Waals surface area (Å²) in [5.41, 5.74) is 20.9. The van der Waals surface area contributed by atoms with Crippen molar-refractivity contribution in [2.45, 2.75) is 87.2 Å². The third kappa shape index (κ3) is 24.2. The summed E-state index contributed by atoms with van der Waals surface area (Å²) < 4.78 is 66.6. The normalized spacial score (nSPS) is 11.3. The van der Waals surface area contributed by atoms with Gasteiger partial charge in [0, 0.05) is 233 Å². The van der Waals surface area contributed by atoms with Crippen LogP contribution in [0, 0.1) is 0 Å². The van der Waals surface area contributed by atoms with Gasteiger partial charge < -0.3 is 63.8 Å². The van der Waals surface area contributed by atoms with E-state index in [2.05, 4.69) is 130 Å². The number of aromatic hydroxyl groups is 1. The monoisotopic (exact) mass is 1740 g/mol. The largest absolute Gasteiger partial charge is 0.508 e. The topological polar surface area (TPSA) is 287 Å². The molecule has 8 heterocycles. The molecule has 0 aliphatic carbocycles. The number of hydrogen-bond donors (Lipinski definition) is 3. The summed E-state index contributed by atoms with van der Waals surface area (Å²) in [4.78, 5) is 46.2. The maximum Gasteiger partial charge on any atom is 0.257 e. The number of halogens is 2. The van der Waals surface area contributed by atoms with Gasteiger partial charge in [-0.15, -0.1) is 0 Å². The van der Waals surface area contributed by atoms with Crippen LogP contribution in [0.15, 0.2) is 226 Å². The summed E-state index contributed by atoms with van der Waals surface area (Å²) >= 11 is 0. The number of rotatable bonds is 31. The number of benzene rings is 8. The number of phenolic OH excluding ortho intramolecular Hbond substituents is 1.